The number of ether oxygens (including phenoxy) is 2. The third-order valence-electron chi connectivity index (χ3n) is 3.24. The minimum atomic E-state index is -0.941. The Morgan fingerprint density at radius 1 is 1.40 bits per heavy atom. The summed E-state index contributed by atoms with van der Waals surface area (Å²) in [6, 6.07) is 1.96. The van der Waals surface area contributed by atoms with E-state index in [1.807, 2.05) is 0 Å². The van der Waals surface area contributed by atoms with Gasteiger partial charge in [-0.2, -0.15) is 0 Å². The molecular formula is C14H17F2NO3. The third kappa shape index (κ3) is 3.45. The Balaban J connectivity index is 2.01. The van der Waals surface area contributed by atoms with Crippen LogP contribution in [0.2, 0.25) is 0 Å². The van der Waals surface area contributed by atoms with Crippen LogP contribution in [0.1, 0.15) is 29.6 Å². The summed E-state index contributed by atoms with van der Waals surface area (Å²) >= 11 is 0. The zero-order valence-corrected chi connectivity index (χ0v) is 11.2. The number of hydrogen-bond acceptors (Lipinski definition) is 3. The lowest BCUT2D eigenvalue weighted by Crippen LogP contribution is -2.36. The average molecular weight is 285 g/mol. The topological polar surface area (TPSA) is 47.6 Å². The van der Waals surface area contributed by atoms with Crippen LogP contribution in [0, 0.1) is 11.6 Å². The van der Waals surface area contributed by atoms with Gasteiger partial charge >= 0.3 is 0 Å². The fourth-order valence-corrected chi connectivity index (χ4v) is 2.15. The van der Waals surface area contributed by atoms with Gasteiger partial charge in [0.1, 0.15) is 22.9 Å². The maximum absolute atomic E-state index is 13.7. The molecule has 1 aromatic carbocycles. The minimum absolute atomic E-state index is 0.0344. The first-order valence-electron chi connectivity index (χ1n) is 6.54. The molecule has 0 unspecified atom stereocenters. The first-order chi connectivity index (χ1) is 9.61. The fourth-order valence-electron chi connectivity index (χ4n) is 2.15. The van der Waals surface area contributed by atoms with Crippen LogP contribution in [0.25, 0.3) is 0 Å². The number of benzene rings is 1. The number of rotatable bonds is 4. The average Bonchev–Trinajstić information content (AvgIpc) is 2.45. The Kier molecular flexibility index (Phi) is 4.89. The first-order valence-corrected chi connectivity index (χ1v) is 6.54. The molecule has 1 atom stereocenters. The van der Waals surface area contributed by atoms with Crippen molar-refractivity contribution in [1.29, 1.82) is 0 Å². The molecule has 0 aromatic heterocycles. The SMILES string of the molecule is COc1cc(F)c(C(=O)NC[C@H]2CCCCO2)c(F)c1. The van der Waals surface area contributed by atoms with Crippen LogP contribution in [0.4, 0.5) is 8.78 Å². The van der Waals surface area contributed by atoms with Gasteiger partial charge in [0.15, 0.2) is 0 Å². The van der Waals surface area contributed by atoms with Crippen molar-refractivity contribution in [3.63, 3.8) is 0 Å². The molecule has 0 radical (unpaired) electrons. The van der Waals surface area contributed by atoms with Gasteiger partial charge in [0.2, 0.25) is 0 Å². The maximum Gasteiger partial charge on any atom is 0.257 e. The molecule has 2 rings (SSSR count). The molecule has 0 saturated carbocycles. The van der Waals surface area contributed by atoms with E-state index in [1.54, 1.807) is 0 Å². The van der Waals surface area contributed by atoms with Crippen molar-refractivity contribution in [2.75, 3.05) is 20.3 Å². The molecule has 0 bridgehead atoms. The van der Waals surface area contributed by atoms with Crippen molar-refractivity contribution >= 4 is 5.91 Å². The summed E-state index contributed by atoms with van der Waals surface area (Å²) in [5.74, 6) is -2.63. The molecule has 4 nitrogen and oxygen atoms in total. The van der Waals surface area contributed by atoms with E-state index in [1.165, 1.54) is 7.11 Å². The van der Waals surface area contributed by atoms with E-state index >= 15 is 0 Å². The Morgan fingerprint density at radius 2 is 2.10 bits per heavy atom. The van der Waals surface area contributed by atoms with Crippen LogP contribution in [-0.4, -0.2) is 32.3 Å². The molecule has 1 aromatic rings. The maximum atomic E-state index is 13.7. The van der Waals surface area contributed by atoms with Gasteiger partial charge < -0.3 is 14.8 Å². The number of methoxy groups -OCH3 is 1. The molecular weight excluding hydrogens is 268 g/mol. The summed E-state index contributed by atoms with van der Waals surface area (Å²) < 4.78 is 37.6. The standard InChI is InChI=1S/C14H17F2NO3/c1-19-10-6-11(15)13(12(16)7-10)14(18)17-8-9-4-2-3-5-20-9/h6-7,9H,2-5,8H2,1H3,(H,17,18)/t9-/m1/s1. The Bertz CT molecular complexity index is 464. The van der Waals surface area contributed by atoms with E-state index in [0.717, 1.165) is 31.4 Å². The van der Waals surface area contributed by atoms with Crippen LogP contribution in [0.5, 0.6) is 5.75 Å². The largest absolute Gasteiger partial charge is 0.497 e. The molecule has 6 heteroatoms. The molecule has 1 saturated heterocycles. The zero-order valence-electron chi connectivity index (χ0n) is 11.2. The van der Waals surface area contributed by atoms with Gasteiger partial charge in [0.25, 0.3) is 5.91 Å². The van der Waals surface area contributed by atoms with Gasteiger partial charge in [0.05, 0.1) is 13.2 Å². The van der Waals surface area contributed by atoms with Crippen LogP contribution >= 0.6 is 0 Å². The van der Waals surface area contributed by atoms with E-state index in [4.69, 9.17) is 9.47 Å². The van der Waals surface area contributed by atoms with Gasteiger partial charge in [-0.05, 0) is 19.3 Å². The van der Waals surface area contributed by atoms with Crippen LogP contribution in [0.15, 0.2) is 12.1 Å². The lowest BCUT2D eigenvalue weighted by atomic mass is 10.1. The Morgan fingerprint density at radius 3 is 2.65 bits per heavy atom. The quantitative estimate of drug-likeness (QED) is 0.923. The van der Waals surface area contributed by atoms with Crippen molar-refractivity contribution in [3.8, 4) is 5.75 Å². The molecule has 0 aliphatic carbocycles. The highest BCUT2D eigenvalue weighted by Crippen LogP contribution is 2.20. The normalized spacial score (nSPS) is 18.6. The van der Waals surface area contributed by atoms with Crippen molar-refractivity contribution < 1.29 is 23.0 Å². The fraction of sp³-hybridized carbons (Fsp3) is 0.500. The van der Waals surface area contributed by atoms with Crippen molar-refractivity contribution in [1.82, 2.24) is 5.32 Å². The van der Waals surface area contributed by atoms with E-state index in [0.29, 0.717) is 6.61 Å². The predicted octanol–water partition coefficient (Wildman–Crippen LogP) is 2.27. The van der Waals surface area contributed by atoms with Gasteiger partial charge in [-0.15, -0.1) is 0 Å². The van der Waals surface area contributed by atoms with Gasteiger partial charge in [-0.25, -0.2) is 8.78 Å². The Labute approximate surface area is 116 Å². The van der Waals surface area contributed by atoms with Crippen molar-refractivity contribution in [3.05, 3.63) is 29.3 Å². The molecule has 1 aliphatic heterocycles. The van der Waals surface area contributed by atoms with Gasteiger partial charge in [-0.3, -0.25) is 4.79 Å². The van der Waals surface area contributed by atoms with Crippen LogP contribution < -0.4 is 10.1 Å². The smallest absolute Gasteiger partial charge is 0.257 e. The lowest BCUT2D eigenvalue weighted by Gasteiger charge is -2.22. The van der Waals surface area contributed by atoms with E-state index in [9.17, 15) is 13.6 Å². The molecule has 110 valence electrons. The third-order valence-corrected chi connectivity index (χ3v) is 3.24. The number of carbonyl (C=O) groups is 1. The van der Waals surface area contributed by atoms with Crippen molar-refractivity contribution in [2.24, 2.45) is 0 Å². The second-order valence-corrected chi connectivity index (χ2v) is 4.66. The summed E-state index contributed by atoms with van der Waals surface area (Å²) in [5, 5.41) is 2.50. The predicted molar refractivity (Wildman–Crippen MR) is 68.8 cm³/mol. The summed E-state index contributed by atoms with van der Waals surface area (Å²) in [5.41, 5.74) is -0.596. The molecule has 20 heavy (non-hydrogen) atoms. The number of hydrogen-bond donors (Lipinski definition) is 1. The molecule has 1 N–H and O–H groups in total. The summed E-state index contributed by atoms with van der Waals surface area (Å²) in [4.78, 5) is 11.8. The molecule has 1 heterocycles. The van der Waals surface area contributed by atoms with E-state index in [2.05, 4.69) is 5.32 Å². The highest BCUT2D eigenvalue weighted by Gasteiger charge is 2.21. The zero-order chi connectivity index (χ0) is 14.5. The summed E-state index contributed by atoms with van der Waals surface area (Å²) in [7, 11) is 1.30. The second-order valence-electron chi connectivity index (χ2n) is 4.66. The lowest BCUT2D eigenvalue weighted by molar-refractivity contribution is 0.0168. The first kappa shape index (κ1) is 14.7. The van der Waals surface area contributed by atoms with Crippen LogP contribution in [-0.2, 0) is 4.74 Å². The summed E-state index contributed by atoms with van der Waals surface area (Å²) in [6.45, 7) is 0.912. The highest BCUT2D eigenvalue weighted by atomic mass is 19.1. The molecule has 1 amide bonds. The monoisotopic (exact) mass is 285 g/mol. The number of carbonyl (C=O) groups excluding carboxylic acids is 1. The van der Waals surface area contributed by atoms with Gasteiger partial charge in [0, 0.05) is 25.3 Å². The second kappa shape index (κ2) is 6.65. The van der Waals surface area contributed by atoms with E-state index < -0.39 is 23.1 Å². The minimum Gasteiger partial charge on any atom is -0.497 e. The van der Waals surface area contributed by atoms with Crippen LogP contribution in [0.3, 0.4) is 0 Å². The number of halogens is 2. The Hall–Kier alpha value is -1.69. The van der Waals surface area contributed by atoms with E-state index in [-0.39, 0.29) is 18.4 Å². The highest BCUT2D eigenvalue weighted by molar-refractivity contribution is 5.94. The molecule has 1 aliphatic rings. The number of nitrogens with one attached hydrogen (secondary N) is 1. The van der Waals surface area contributed by atoms with Gasteiger partial charge in [-0.1, -0.05) is 0 Å². The number of amides is 1. The molecule has 1 fully saturated rings. The molecule has 0 spiro atoms. The van der Waals surface area contributed by atoms with Crippen molar-refractivity contribution in [2.45, 2.75) is 25.4 Å². The summed E-state index contributed by atoms with van der Waals surface area (Å²) in [6.07, 6.45) is 2.79.